The van der Waals surface area contributed by atoms with Crippen LogP contribution in [0.15, 0.2) is 10.3 Å². The molecule has 0 spiro atoms. The Balaban J connectivity index is 2.88. The summed E-state index contributed by atoms with van der Waals surface area (Å²) in [5, 5.41) is 16.3. The van der Waals surface area contributed by atoms with Crippen LogP contribution < -0.4 is 0 Å². The molecule has 1 aromatic rings. The van der Waals surface area contributed by atoms with Crippen LogP contribution in [0.3, 0.4) is 0 Å². The topological polar surface area (TPSA) is 113 Å². The fraction of sp³-hybridized carbons (Fsp3) is 0.444. The molecule has 2 unspecified atom stereocenters. The number of carbonyl (C=O) groups is 2. The van der Waals surface area contributed by atoms with Crippen LogP contribution in [0.2, 0.25) is 5.28 Å². The standard InChI is InChI=1S/C9H10ClN3O4S2/c1-3(5(14)15)18-8-11-7(10)12-9(13-8)19-4(2)6(16)17/h3-4H,1-2H3,(H,14,15)(H,16,17). The average Bonchev–Trinajstić information content (AvgIpc) is 2.27. The Labute approximate surface area is 122 Å². The molecule has 104 valence electrons. The van der Waals surface area contributed by atoms with Crippen LogP contribution in [0, 0.1) is 0 Å². The fourth-order valence-electron chi connectivity index (χ4n) is 0.837. The zero-order chi connectivity index (χ0) is 14.6. The molecule has 7 nitrogen and oxygen atoms in total. The van der Waals surface area contributed by atoms with Gasteiger partial charge in [-0.3, -0.25) is 9.59 Å². The molecule has 1 aromatic heterocycles. The lowest BCUT2D eigenvalue weighted by Crippen LogP contribution is -2.14. The summed E-state index contributed by atoms with van der Waals surface area (Å²) in [6, 6.07) is 0. The van der Waals surface area contributed by atoms with Crippen molar-refractivity contribution in [1.82, 2.24) is 15.0 Å². The van der Waals surface area contributed by atoms with Crippen LogP contribution in [0.4, 0.5) is 0 Å². The third-order valence-electron chi connectivity index (χ3n) is 1.83. The van der Waals surface area contributed by atoms with Crippen LogP contribution in [0.25, 0.3) is 0 Å². The van der Waals surface area contributed by atoms with Crippen molar-refractivity contribution in [3.8, 4) is 0 Å². The third kappa shape index (κ3) is 5.21. The predicted octanol–water partition coefficient (Wildman–Crippen LogP) is 1.66. The second kappa shape index (κ2) is 6.92. The van der Waals surface area contributed by atoms with E-state index in [1.807, 2.05) is 0 Å². The molecule has 0 aromatic carbocycles. The van der Waals surface area contributed by atoms with Crippen molar-refractivity contribution in [2.45, 2.75) is 34.7 Å². The van der Waals surface area contributed by atoms with Gasteiger partial charge in [-0.25, -0.2) is 0 Å². The van der Waals surface area contributed by atoms with E-state index in [9.17, 15) is 9.59 Å². The van der Waals surface area contributed by atoms with E-state index >= 15 is 0 Å². The van der Waals surface area contributed by atoms with Gasteiger partial charge >= 0.3 is 11.9 Å². The summed E-state index contributed by atoms with van der Waals surface area (Å²) in [5.41, 5.74) is 0. The second-order valence-electron chi connectivity index (χ2n) is 3.37. The third-order valence-corrected chi connectivity index (χ3v) is 3.89. The van der Waals surface area contributed by atoms with Crippen LogP contribution in [0.1, 0.15) is 13.8 Å². The molecular formula is C9H10ClN3O4S2. The number of halogens is 1. The van der Waals surface area contributed by atoms with Crippen LogP contribution >= 0.6 is 35.1 Å². The predicted molar refractivity (Wildman–Crippen MR) is 70.7 cm³/mol. The zero-order valence-electron chi connectivity index (χ0n) is 9.90. The molecule has 10 heteroatoms. The Kier molecular flexibility index (Phi) is 5.83. The van der Waals surface area contributed by atoms with Crippen molar-refractivity contribution in [3.05, 3.63) is 5.28 Å². The normalized spacial score (nSPS) is 13.8. The Morgan fingerprint density at radius 3 is 1.68 bits per heavy atom. The smallest absolute Gasteiger partial charge is 0.316 e. The van der Waals surface area contributed by atoms with Gasteiger partial charge in [-0.05, 0) is 25.4 Å². The van der Waals surface area contributed by atoms with Gasteiger partial charge in [0, 0.05) is 0 Å². The molecule has 0 amide bonds. The summed E-state index contributed by atoms with van der Waals surface area (Å²) in [7, 11) is 0. The number of rotatable bonds is 6. The van der Waals surface area contributed by atoms with E-state index in [0.29, 0.717) is 0 Å². The molecule has 1 rings (SSSR count). The Morgan fingerprint density at radius 1 is 1.00 bits per heavy atom. The average molecular weight is 324 g/mol. The van der Waals surface area contributed by atoms with Gasteiger partial charge in [-0.2, -0.15) is 15.0 Å². The van der Waals surface area contributed by atoms with Crippen molar-refractivity contribution in [1.29, 1.82) is 0 Å². The maximum atomic E-state index is 10.7. The number of hydrogen-bond donors (Lipinski definition) is 2. The number of thioether (sulfide) groups is 2. The number of carboxylic acid groups (broad SMARTS) is 2. The minimum Gasteiger partial charge on any atom is -0.480 e. The molecule has 0 saturated heterocycles. The van der Waals surface area contributed by atoms with Gasteiger partial charge in [0.2, 0.25) is 5.28 Å². The number of aromatic nitrogens is 3. The van der Waals surface area contributed by atoms with E-state index in [1.165, 1.54) is 13.8 Å². The van der Waals surface area contributed by atoms with Gasteiger partial charge in [0.1, 0.15) is 10.5 Å². The first-order valence-corrected chi connectivity index (χ1v) is 7.14. The highest BCUT2D eigenvalue weighted by atomic mass is 35.5. The quantitative estimate of drug-likeness (QED) is 0.754. The molecule has 0 aliphatic heterocycles. The summed E-state index contributed by atoms with van der Waals surface area (Å²) in [6.07, 6.45) is 0. The monoisotopic (exact) mass is 323 g/mol. The Hall–Kier alpha value is -1.06. The molecule has 2 atom stereocenters. The van der Waals surface area contributed by atoms with Crippen LogP contribution in [-0.2, 0) is 9.59 Å². The summed E-state index contributed by atoms with van der Waals surface area (Å²) in [6.45, 7) is 2.97. The molecule has 19 heavy (non-hydrogen) atoms. The van der Waals surface area contributed by atoms with E-state index in [4.69, 9.17) is 21.8 Å². The molecular weight excluding hydrogens is 314 g/mol. The lowest BCUT2D eigenvalue weighted by molar-refractivity contribution is -0.137. The second-order valence-corrected chi connectivity index (χ2v) is 6.32. The summed E-state index contributed by atoms with van der Waals surface area (Å²) in [5.74, 6) is -2.01. The lowest BCUT2D eigenvalue weighted by Gasteiger charge is -2.07. The van der Waals surface area contributed by atoms with Gasteiger partial charge in [-0.1, -0.05) is 23.5 Å². The first kappa shape index (κ1) is 16.0. The number of carboxylic acids is 2. The maximum Gasteiger partial charge on any atom is 0.316 e. The summed E-state index contributed by atoms with van der Waals surface area (Å²) < 4.78 is 0. The molecule has 0 fully saturated rings. The van der Waals surface area contributed by atoms with E-state index in [2.05, 4.69) is 15.0 Å². The molecule has 0 aliphatic carbocycles. The fourth-order valence-corrected chi connectivity index (χ4v) is 2.55. The molecule has 0 radical (unpaired) electrons. The van der Waals surface area contributed by atoms with Gasteiger partial charge in [0.05, 0.1) is 0 Å². The van der Waals surface area contributed by atoms with Crippen LogP contribution in [-0.4, -0.2) is 47.6 Å². The van der Waals surface area contributed by atoms with Gasteiger partial charge in [0.25, 0.3) is 0 Å². The van der Waals surface area contributed by atoms with Gasteiger partial charge < -0.3 is 10.2 Å². The maximum absolute atomic E-state index is 10.7. The first-order valence-electron chi connectivity index (χ1n) is 5.00. The highest BCUT2D eigenvalue weighted by Crippen LogP contribution is 2.25. The van der Waals surface area contributed by atoms with E-state index in [-0.39, 0.29) is 15.6 Å². The minimum atomic E-state index is -1.00. The molecule has 0 aliphatic rings. The number of nitrogens with zero attached hydrogens (tertiary/aromatic N) is 3. The Bertz CT molecular complexity index is 462. The van der Waals surface area contributed by atoms with Crippen molar-refractivity contribution in [3.63, 3.8) is 0 Å². The first-order chi connectivity index (χ1) is 8.79. The molecule has 0 saturated carbocycles. The van der Waals surface area contributed by atoms with Gasteiger partial charge in [0.15, 0.2) is 10.3 Å². The zero-order valence-corrected chi connectivity index (χ0v) is 12.3. The molecule has 0 bridgehead atoms. The number of aliphatic carboxylic acids is 2. The number of hydrogen-bond acceptors (Lipinski definition) is 7. The van der Waals surface area contributed by atoms with Gasteiger partial charge in [-0.15, -0.1) is 0 Å². The Morgan fingerprint density at radius 2 is 1.37 bits per heavy atom. The van der Waals surface area contributed by atoms with Crippen molar-refractivity contribution >= 4 is 47.1 Å². The van der Waals surface area contributed by atoms with Crippen molar-refractivity contribution < 1.29 is 19.8 Å². The SMILES string of the molecule is CC(Sc1nc(Cl)nc(SC(C)C(=O)O)n1)C(=O)O. The summed E-state index contributed by atoms with van der Waals surface area (Å²) in [4.78, 5) is 33.0. The van der Waals surface area contributed by atoms with Crippen molar-refractivity contribution in [2.24, 2.45) is 0 Å². The highest BCUT2D eigenvalue weighted by molar-refractivity contribution is 8.01. The van der Waals surface area contributed by atoms with E-state index in [1.54, 1.807) is 0 Å². The van der Waals surface area contributed by atoms with Crippen molar-refractivity contribution in [2.75, 3.05) is 0 Å². The molecule has 2 N–H and O–H groups in total. The highest BCUT2D eigenvalue weighted by Gasteiger charge is 2.19. The minimum absolute atomic E-state index is 0.102. The van der Waals surface area contributed by atoms with Crippen LogP contribution in [0.5, 0.6) is 0 Å². The molecule has 1 heterocycles. The van der Waals surface area contributed by atoms with E-state index < -0.39 is 22.4 Å². The van der Waals surface area contributed by atoms with E-state index in [0.717, 1.165) is 23.5 Å². The lowest BCUT2D eigenvalue weighted by atomic mass is 10.5. The largest absolute Gasteiger partial charge is 0.480 e. The summed E-state index contributed by atoms with van der Waals surface area (Å²) >= 11 is 7.51.